The van der Waals surface area contributed by atoms with E-state index in [1.807, 2.05) is 32.9 Å². The number of ether oxygens (including phenoxy) is 1. The van der Waals surface area contributed by atoms with Gasteiger partial charge in [-0.05, 0) is 50.8 Å². The van der Waals surface area contributed by atoms with Gasteiger partial charge < -0.3 is 4.74 Å². The minimum absolute atomic E-state index is 0.235. The molecule has 0 atom stereocenters. The smallest absolute Gasteiger partial charge is 0.338 e. The van der Waals surface area contributed by atoms with Crippen LogP contribution in [0.1, 0.15) is 68.8 Å². The van der Waals surface area contributed by atoms with E-state index in [1.165, 1.54) is 37.7 Å². The van der Waals surface area contributed by atoms with Gasteiger partial charge in [-0.15, -0.1) is 0 Å². The molecule has 20 heavy (non-hydrogen) atoms. The fraction of sp³-hybridized carbons (Fsp3) is 0.611. The summed E-state index contributed by atoms with van der Waals surface area (Å²) < 4.78 is 5.37. The van der Waals surface area contributed by atoms with Gasteiger partial charge in [-0.25, -0.2) is 4.79 Å². The van der Waals surface area contributed by atoms with E-state index < -0.39 is 5.60 Å². The maximum absolute atomic E-state index is 11.9. The minimum Gasteiger partial charge on any atom is -0.456 e. The van der Waals surface area contributed by atoms with Crippen molar-refractivity contribution in [1.29, 1.82) is 0 Å². The van der Waals surface area contributed by atoms with Gasteiger partial charge in [0, 0.05) is 0 Å². The van der Waals surface area contributed by atoms with Crippen LogP contribution < -0.4 is 0 Å². The van der Waals surface area contributed by atoms with Crippen molar-refractivity contribution in [2.24, 2.45) is 5.92 Å². The fourth-order valence-corrected chi connectivity index (χ4v) is 2.84. The van der Waals surface area contributed by atoms with E-state index in [0.717, 1.165) is 12.3 Å². The Kier molecular flexibility index (Phi) is 4.85. The predicted molar refractivity (Wildman–Crippen MR) is 81.9 cm³/mol. The van der Waals surface area contributed by atoms with E-state index in [1.54, 1.807) is 0 Å². The number of rotatable bonds is 3. The molecule has 1 aromatic rings. The molecule has 1 aliphatic carbocycles. The summed E-state index contributed by atoms with van der Waals surface area (Å²) in [4.78, 5) is 11.9. The second-order valence-electron chi connectivity index (χ2n) is 6.91. The van der Waals surface area contributed by atoms with Gasteiger partial charge in [-0.2, -0.15) is 0 Å². The highest BCUT2D eigenvalue weighted by Crippen LogP contribution is 2.27. The average molecular weight is 274 g/mol. The fourth-order valence-electron chi connectivity index (χ4n) is 2.84. The van der Waals surface area contributed by atoms with E-state index in [0.29, 0.717) is 5.56 Å². The molecule has 0 spiro atoms. The normalized spacial score (nSPS) is 16.9. The summed E-state index contributed by atoms with van der Waals surface area (Å²) >= 11 is 0. The molecule has 2 nitrogen and oxygen atoms in total. The van der Waals surface area contributed by atoms with E-state index >= 15 is 0 Å². The van der Waals surface area contributed by atoms with Crippen LogP contribution in [0.4, 0.5) is 0 Å². The standard InChI is InChI=1S/C18H26O2/c1-18(2,3)20-17(19)16-11-9-15(10-12-16)13-14-7-5-4-6-8-14/h9-12,14H,4-8,13H2,1-3H3. The van der Waals surface area contributed by atoms with Crippen molar-refractivity contribution >= 4 is 5.97 Å². The summed E-state index contributed by atoms with van der Waals surface area (Å²) in [5.41, 5.74) is 1.55. The second kappa shape index (κ2) is 6.43. The highest BCUT2D eigenvalue weighted by Gasteiger charge is 2.18. The molecule has 0 radical (unpaired) electrons. The van der Waals surface area contributed by atoms with Gasteiger partial charge in [0.1, 0.15) is 5.60 Å². The van der Waals surface area contributed by atoms with Crippen LogP contribution in [-0.2, 0) is 11.2 Å². The first kappa shape index (κ1) is 15.1. The summed E-state index contributed by atoms with van der Waals surface area (Å²) in [6, 6.07) is 7.94. The van der Waals surface area contributed by atoms with E-state index in [9.17, 15) is 4.79 Å². The van der Waals surface area contributed by atoms with Gasteiger partial charge in [0.05, 0.1) is 5.56 Å². The Hall–Kier alpha value is -1.31. The number of benzene rings is 1. The molecule has 1 fully saturated rings. The van der Waals surface area contributed by atoms with Crippen LogP contribution in [0, 0.1) is 5.92 Å². The second-order valence-corrected chi connectivity index (χ2v) is 6.91. The molecule has 0 aliphatic heterocycles. The van der Waals surface area contributed by atoms with Crippen molar-refractivity contribution < 1.29 is 9.53 Å². The summed E-state index contributed by atoms with van der Waals surface area (Å²) in [6.45, 7) is 5.67. The zero-order chi connectivity index (χ0) is 14.6. The lowest BCUT2D eigenvalue weighted by atomic mass is 9.85. The van der Waals surface area contributed by atoms with Gasteiger partial charge in [-0.1, -0.05) is 44.2 Å². The van der Waals surface area contributed by atoms with Crippen LogP contribution in [0.2, 0.25) is 0 Å². The van der Waals surface area contributed by atoms with E-state index in [2.05, 4.69) is 12.1 Å². The van der Waals surface area contributed by atoms with Crippen molar-refractivity contribution in [3.63, 3.8) is 0 Å². The molecule has 0 unspecified atom stereocenters. The van der Waals surface area contributed by atoms with Crippen LogP contribution in [0.5, 0.6) is 0 Å². The van der Waals surface area contributed by atoms with Gasteiger partial charge in [0.15, 0.2) is 0 Å². The lowest BCUT2D eigenvalue weighted by molar-refractivity contribution is 0.00695. The van der Waals surface area contributed by atoms with Crippen LogP contribution >= 0.6 is 0 Å². The Bertz CT molecular complexity index is 433. The van der Waals surface area contributed by atoms with Crippen molar-refractivity contribution in [2.75, 3.05) is 0 Å². The largest absolute Gasteiger partial charge is 0.456 e. The number of carbonyl (C=O) groups is 1. The van der Waals surface area contributed by atoms with Gasteiger partial charge in [0.25, 0.3) is 0 Å². The molecule has 0 bridgehead atoms. The molecule has 1 saturated carbocycles. The third kappa shape index (κ3) is 4.66. The molecule has 2 rings (SSSR count). The lowest BCUT2D eigenvalue weighted by Crippen LogP contribution is -2.23. The third-order valence-corrected chi connectivity index (χ3v) is 3.84. The summed E-state index contributed by atoms with van der Waals surface area (Å²) in [6.07, 6.45) is 8.01. The van der Waals surface area contributed by atoms with Gasteiger partial charge in [0.2, 0.25) is 0 Å². The first-order chi connectivity index (χ1) is 9.44. The molecule has 0 saturated heterocycles. The number of esters is 1. The molecule has 2 heteroatoms. The SMILES string of the molecule is CC(C)(C)OC(=O)c1ccc(CC2CCCCC2)cc1. The molecule has 1 aliphatic rings. The Morgan fingerprint density at radius 1 is 1.10 bits per heavy atom. The number of hydrogen-bond acceptors (Lipinski definition) is 2. The molecule has 0 amide bonds. The Balaban J connectivity index is 1.93. The zero-order valence-electron chi connectivity index (χ0n) is 12.9. The summed E-state index contributed by atoms with van der Waals surface area (Å²) in [5, 5.41) is 0. The molecule has 1 aromatic carbocycles. The van der Waals surface area contributed by atoms with Crippen LogP contribution in [0.25, 0.3) is 0 Å². The third-order valence-electron chi connectivity index (χ3n) is 3.84. The Morgan fingerprint density at radius 3 is 2.25 bits per heavy atom. The molecular weight excluding hydrogens is 248 g/mol. The monoisotopic (exact) mass is 274 g/mol. The predicted octanol–water partition coefficient (Wildman–Crippen LogP) is 4.76. The van der Waals surface area contributed by atoms with Crippen molar-refractivity contribution in [3.8, 4) is 0 Å². The maximum atomic E-state index is 11.9. The highest BCUT2D eigenvalue weighted by molar-refractivity contribution is 5.89. The number of carbonyl (C=O) groups excluding carboxylic acids is 1. The topological polar surface area (TPSA) is 26.3 Å². The summed E-state index contributed by atoms with van der Waals surface area (Å²) in [7, 11) is 0. The van der Waals surface area contributed by atoms with Crippen LogP contribution in [0.15, 0.2) is 24.3 Å². The Labute approximate surface area is 122 Å². The lowest BCUT2D eigenvalue weighted by Gasteiger charge is -2.22. The highest BCUT2D eigenvalue weighted by atomic mass is 16.6. The zero-order valence-corrected chi connectivity index (χ0v) is 12.9. The molecule has 110 valence electrons. The maximum Gasteiger partial charge on any atom is 0.338 e. The molecule has 0 aromatic heterocycles. The molecular formula is C18H26O2. The van der Waals surface area contributed by atoms with E-state index in [4.69, 9.17) is 4.74 Å². The van der Waals surface area contributed by atoms with Crippen LogP contribution in [0.3, 0.4) is 0 Å². The van der Waals surface area contributed by atoms with Crippen molar-refractivity contribution in [3.05, 3.63) is 35.4 Å². The first-order valence-electron chi connectivity index (χ1n) is 7.76. The minimum atomic E-state index is -0.433. The van der Waals surface area contributed by atoms with Gasteiger partial charge >= 0.3 is 5.97 Å². The first-order valence-corrected chi connectivity index (χ1v) is 7.76. The van der Waals surface area contributed by atoms with Crippen LogP contribution in [-0.4, -0.2) is 11.6 Å². The number of hydrogen-bond donors (Lipinski definition) is 0. The average Bonchev–Trinajstić information content (AvgIpc) is 2.39. The van der Waals surface area contributed by atoms with Gasteiger partial charge in [-0.3, -0.25) is 0 Å². The van der Waals surface area contributed by atoms with Crippen molar-refractivity contribution in [1.82, 2.24) is 0 Å². The molecule has 0 heterocycles. The Morgan fingerprint density at radius 2 is 1.70 bits per heavy atom. The molecule has 0 N–H and O–H groups in total. The quantitative estimate of drug-likeness (QED) is 0.742. The van der Waals surface area contributed by atoms with Crippen molar-refractivity contribution in [2.45, 2.75) is 64.9 Å². The van der Waals surface area contributed by atoms with E-state index in [-0.39, 0.29) is 5.97 Å². The summed E-state index contributed by atoms with van der Waals surface area (Å²) in [5.74, 6) is 0.595.